The van der Waals surface area contributed by atoms with Crippen molar-refractivity contribution in [3.8, 4) is 5.75 Å². The van der Waals surface area contributed by atoms with Gasteiger partial charge in [-0.2, -0.15) is 9.99 Å². The van der Waals surface area contributed by atoms with Gasteiger partial charge in [0.1, 0.15) is 12.9 Å². The SMILES string of the molecule is CO/N=C1\C[C@@H](C2CN3c4nc(sc4C)N3C2=O)C2C3CCc4cc(O)ccc4C3CC[C@]12C. The molecular formula is C26H30N4O3S. The van der Waals surface area contributed by atoms with Gasteiger partial charge < -0.3 is 9.94 Å². The van der Waals surface area contributed by atoms with E-state index >= 15 is 0 Å². The maximum Gasteiger partial charge on any atom is 0.253 e. The number of phenolic OH excluding ortho intramolecular Hbond substituents is 1. The van der Waals surface area contributed by atoms with Crippen molar-refractivity contribution in [3.63, 3.8) is 0 Å². The van der Waals surface area contributed by atoms with Crippen molar-refractivity contribution in [2.75, 3.05) is 23.7 Å². The quantitative estimate of drug-likeness (QED) is 0.637. The highest BCUT2D eigenvalue weighted by Gasteiger charge is 2.62. The number of benzene rings is 1. The largest absolute Gasteiger partial charge is 0.508 e. The first-order chi connectivity index (χ1) is 16.4. The third-order valence-electron chi connectivity index (χ3n) is 9.55. The summed E-state index contributed by atoms with van der Waals surface area (Å²) in [5.74, 6) is 3.07. The normalized spacial score (nSPS) is 36.5. The number of oxime groups is 1. The van der Waals surface area contributed by atoms with Crippen molar-refractivity contribution in [2.24, 2.45) is 34.2 Å². The van der Waals surface area contributed by atoms with Crippen molar-refractivity contribution < 1.29 is 14.7 Å². The number of carbonyl (C=O) groups is 1. The number of amides is 1. The first kappa shape index (κ1) is 20.7. The second-order valence-electron chi connectivity index (χ2n) is 11.0. The molecule has 3 fully saturated rings. The van der Waals surface area contributed by atoms with Crippen LogP contribution in [0.4, 0.5) is 10.9 Å². The molecule has 6 atom stereocenters. The van der Waals surface area contributed by atoms with Gasteiger partial charge in [-0.05, 0) is 86.0 Å². The molecule has 1 amide bonds. The zero-order valence-corrected chi connectivity index (χ0v) is 20.6. The number of aromatic hydroxyl groups is 1. The average molecular weight is 479 g/mol. The van der Waals surface area contributed by atoms with E-state index in [1.165, 1.54) is 16.0 Å². The van der Waals surface area contributed by atoms with Gasteiger partial charge >= 0.3 is 0 Å². The summed E-state index contributed by atoms with van der Waals surface area (Å²) in [6.07, 6.45) is 5.08. The summed E-state index contributed by atoms with van der Waals surface area (Å²) in [6, 6.07) is 5.93. The first-order valence-electron chi connectivity index (χ1n) is 12.4. The standard InChI is InChI=1S/C26H30N4O3S/c1-13-23-27-25(34-13)30-24(32)20(12-29(23)30)19-11-21(28-33-3)26(2)9-8-17-16-7-5-15(31)10-14(16)4-6-18(17)22(19)26/h5,7,10,17-20,22,31H,4,6,8-9,11-12H2,1-3H3/b28-21+/t17?,18?,19-,20?,22?,26+/m0/s1. The van der Waals surface area contributed by atoms with Crippen LogP contribution in [0.2, 0.25) is 0 Å². The van der Waals surface area contributed by atoms with E-state index in [1.807, 2.05) is 17.1 Å². The van der Waals surface area contributed by atoms with E-state index < -0.39 is 0 Å². The second kappa shape index (κ2) is 6.97. The number of nitrogens with zero attached hydrogens (tertiary/aromatic N) is 4. The number of phenols is 1. The maximum atomic E-state index is 13.8. The van der Waals surface area contributed by atoms with Crippen molar-refractivity contribution in [2.45, 2.75) is 51.9 Å². The van der Waals surface area contributed by atoms with Gasteiger partial charge in [0.15, 0.2) is 5.82 Å². The Hall–Kier alpha value is -2.61. The maximum absolute atomic E-state index is 13.8. The summed E-state index contributed by atoms with van der Waals surface area (Å²) in [6.45, 7) is 5.16. The molecule has 2 aliphatic heterocycles. The molecule has 1 aromatic carbocycles. The van der Waals surface area contributed by atoms with Crippen LogP contribution in [0.3, 0.4) is 0 Å². The Bertz CT molecular complexity index is 1240. The highest BCUT2D eigenvalue weighted by Crippen LogP contribution is 2.64. The number of anilines is 2. The molecule has 2 saturated carbocycles. The number of thiazole rings is 1. The van der Waals surface area contributed by atoms with Gasteiger partial charge in [0, 0.05) is 10.3 Å². The smallest absolute Gasteiger partial charge is 0.253 e. The molecule has 3 heterocycles. The number of hydrazine groups is 1. The fourth-order valence-corrected chi connectivity index (χ4v) is 9.12. The lowest BCUT2D eigenvalue weighted by Crippen LogP contribution is -2.46. The van der Waals surface area contributed by atoms with Gasteiger partial charge in [0.05, 0.1) is 18.2 Å². The Kier molecular flexibility index (Phi) is 4.25. The van der Waals surface area contributed by atoms with Crippen LogP contribution in [-0.4, -0.2) is 35.4 Å². The van der Waals surface area contributed by atoms with Crippen LogP contribution in [0.1, 0.15) is 54.5 Å². The number of fused-ring (bicyclic) bond motifs is 10. The van der Waals surface area contributed by atoms with E-state index in [0.29, 0.717) is 30.0 Å². The summed E-state index contributed by atoms with van der Waals surface area (Å²) in [4.78, 5) is 24.9. The summed E-state index contributed by atoms with van der Waals surface area (Å²) >= 11 is 1.61. The van der Waals surface area contributed by atoms with E-state index in [2.05, 4.69) is 35.1 Å². The first-order valence-corrected chi connectivity index (χ1v) is 13.2. The summed E-state index contributed by atoms with van der Waals surface area (Å²) in [7, 11) is 1.64. The number of rotatable bonds is 2. The second-order valence-corrected chi connectivity index (χ2v) is 12.2. The number of aromatic nitrogens is 1. The van der Waals surface area contributed by atoms with Crippen molar-refractivity contribution in [1.82, 2.24) is 4.98 Å². The Balaban J connectivity index is 1.28. The minimum Gasteiger partial charge on any atom is -0.508 e. The van der Waals surface area contributed by atoms with Gasteiger partial charge in [-0.25, -0.2) is 0 Å². The van der Waals surface area contributed by atoms with Gasteiger partial charge in [-0.15, -0.1) is 0 Å². The molecule has 34 heavy (non-hydrogen) atoms. The Morgan fingerprint density at radius 1 is 1.26 bits per heavy atom. The number of aryl methyl sites for hydroxylation is 2. The van der Waals surface area contributed by atoms with E-state index in [0.717, 1.165) is 48.8 Å². The summed E-state index contributed by atoms with van der Waals surface area (Å²) in [5, 5.41) is 19.4. The topological polar surface area (TPSA) is 78.3 Å². The molecule has 7 nitrogen and oxygen atoms in total. The van der Waals surface area contributed by atoms with Crippen molar-refractivity contribution in [1.29, 1.82) is 0 Å². The summed E-state index contributed by atoms with van der Waals surface area (Å²) in [5.41, 5.74) is 3.79. The van der Waals surface area contributed by atoms with Gasteiger partial charge in [-0.3, -0.25) is 9.80 Å². The summed E-state index contributed by atoms with van der Waals surface area (Å²) < 4.78 is 0. The predicted octanol–water partition coefficient (Wildman–Crippen LogP) is 4.64. The number of hydrogen-bond donors (Lipinski definition) is 1. The molecule has 1 saturated heterocycles. The van der Waals surface area contributed by atoms with Gasteiger partial charge in [0.25, 0.3) is 5.91 Å². The molecule has 7 rings (SSSR count). The van der Waals surface area contributed by atoms with E-state index in [1.54, 1.807) is 18.4 Å². The van der Waals surface area contributed by atoms with E-state index in [9.17, 15) is 9.90 Å². The highest BCUT2D eigenvalue weighted by atomic mass is 32.1. The highest BCUT2D eigenvalue weighted by molar-refractivity contribution is 7.16. The lowest BCUT2D eigenvalue weighted by atomic mass is 9.53. The zero-order chi connectivity index (χ0) is 23.4. The Morgan fingerprint density at radius 2 is 2.12 bits per heavy atom. The van der Waals surface area contributed by atoms with E-state index in [4.69, 9.17) is 4.84 Å². The van der Waals surface area contributed by atoms with Gasteiger partial charge in [0.2, 0.25) is 5.13 Å². The molecular weight excluding hydrogens is 448 g/mol. The van der Waals surface area contributed by atoms with Crippen LogP contribution in [0.5, 0.6) is 5.75 Å². The molecule has 0 spiro atoms. The zero-order valence-electron chi connectivity index (χ0n) is 19.8. The van der Waals surface area contributed by atoms with E-state index in [-0.39, 0.29) is 23.2 Å². The van der Waals surface area contributed by atoms with Crippen LogP contribution >= 0.6 is 11.3 Å². The predicted molar refractivity (Wildman–Crippen MR) is 131 cm³/mol. The Labute approximate surface area is 203 Å². The van der Waals surface area contributed by atoms with Gasteiger partial charge in [-0.1, -0.05) is 29.5 Å². The minimum atomic E-state index is -0.0548. The third-order valence-corrected chi connectivity index (χ3v) is 10.5. The van der Waals surface area contributed by atoms with Crippen LogP contribution in [-0.2, 0) is 16.1 Å². The molecule has 8 heteroatoms. The third kappa shape index (κ3) is 2.55. The molecule has 4 unspecified atom stereocenters. The lowest BCUT2D eigenvalue weighted by Gasteiger charge is -2.51. The van der Waals surface area contributed by atoms with Crippen LogP contribution in [0, 0.1) is 36.0 Å². The monoisotopic (exact) mass is 478 g/mol. The van der Waals surface area contributed by atoms with Crippen molar-refractivity contribution in [3.05, 3.63) is 34.2 Å². The minimum absolute atomic E-state index is 0.0423. The molecule has 2 aromatic rings. The van der Waals surface area contributed by atoms with Crippen LogP contribution in [0.25, 0.3) is 0 Å². The Morgan fingerprint density at radius 3 is 2.94 bits per heavy atom. The van der Waals surface area contributed by atoms with Crippen LogP contribution < -0.4 is 10.0 Å². The lowest BCUT2D eigenvalue weighted by molar-refractivity contribution is -0.122. The molecule has 1 aromatic heterocycles. The fourth-order valence-electron chi connectivity index (χ4n) is 8.20. The van der Waals surface area contributed by atoms with Crippen LogP contribution in [0.15, 0.2) is 23.4 Å². The number of carbonyl (C=O) groups excluding carboxylic acids is 1. The molecule has 0 radical (unpaired) electrons. The fraction of sp³-hybridized carbons (Fsp3) is 0.577. The molecule has 1 N–H and O–H groups in total. The molecule has 178 valence electrons. The number of hydrogen-bond acceptors (Lipinski definition) is 7. The van der Waals surface area contributed by atoms with Crippen molar-refractivity contribution >= 4 is 33.9 Å². The molecule has 3 aliphatic carbocycles. The average Bonchev–Trinajstić information content (AvgIpc) is 3.53. The molecule has 5 aliphatic rings. The molecule has 2 bridgehead atoms.